The van der Waals surface area contributed by atoms with E-state index in [4.69, 9.17) is 26.4 Å². The van der Waals surface area contributed by atoms with Gasteiger partial charge in [0, 0.05) is 17.2 Å². The van der Waals surface area contributed by atoms with Crippen LogP contribution in [0.3, 0.4) is 0 Å². The van der Waals surface area contributed by atoms with E-state index in [0.29, 0.717) is 17.2 Å². The molecule has 1 aliphatic heterocycles. The summed E-state index contributed by atoms with van der Waals surface area (Å²) in [6.45, 7) is 0.409. The number of aliphatic carboxylic acids is 1. The molecule has 1 heterocycles. The van der Waals surface area contributed by atoms with Crippen molar-refractivity contribution in [2.24, 2.45) is 0 Å². The smallest absolute Gasteiger partial charge is 0.306 e. The first-order valence-corrected chi connectivity index (χ1v) is 8.98. The third kappa shape index (κ3) is 4.23. The summed E-state index contributed by atoms with van der Waals surface area (Å²) in [5.41, 5.74) is 2.07. The lowest BCUT2D eigenvalue weighted by molar-refractivity contribution is -0.139. The molecule has 0 fully saturated rings. The van der Waals surface area contributed by atoms with Gasteiger partial charge in [0.25, 0.3) is 0 Å². The van der Waals surface area contributed by atoms with Crippen molar-refractivity contribution < 1.29 is 28.5 Å². The minimum Gasteiger partial charge on any atom is -0.497 e. The molecule has 2 aromatic rings. The minimum atomic E-state index is -1.02. The molecular formula is C20H20FNO5S. The van der Waals surface area contributed by atoms with Gasteiger partial charge in [0.15, 0.2) is 0 Å². The molecule has 3 rings (SSSR count). The average molecular weight is 405 g/mol. The van der Waals surface area contributed by atoms with E-state index < -0.39 is 17.9 Å². The molecule has 0 spiro atoms. The molecule has 0 saturated carbocycles. The SMILES string of the molecule is COc1ccc(CN2C(=S)C(CC(=O)O)OCc3ccc(F)cc32)c(OC)c1. The van der Waals surface area contributed by atoms with E-state index >= 15 is 0 Å². The maximum atomic E-state index is 14.0. The van der Waals surface area contributed by atoms with E-state index in [-0.39, 0.29) is 24.6 Å². The fourth-order valence-corrected chi connectivity index (χ4v) is 3.40. The molecule has 0 saturated heterocycles. The number of carbonyl (C=O) groups is 1. The molecule has 0 aliphatic carbocycles. The van der Waals surface area contributed by atoms with Crippen LogP contribution in [0.5, 0.6) is 11.5 Å². The zero-order valence-corrected chi connectivity index (χ0v) is 16.3. The van der Waals surface area contributed by atoms with Crippen molar-refractivity contribution in [3.8, 4) is 11.5 Å². The maximum absolute atomic E-state index is 14.0. The fourth-order valence-electron chi connectivity index (χ4n) is 3.09. The van der Waals surface area contributed by atoms with Crippen LogP contribution in [-0.2, 0) is 22.7 Å². The average Bonchev–Trinajstić information content (AvgIpc) is 2.80. The van der Waals surface area contributed by atoms with Crippen molar-refractivity contribution in [1.29, 1.82) is 0 Å². The molecule has 2 aromatic carbocycles. The molecule has 0 aromatic heterocycles. The summed E-state index contributed by atoms with van der Waals surface area (Å²) in [7, 11) is 3.11. The summed E-state index contributed by atoms with van der Waals surface area (Å²) in [6, 6.07) is 9.70. The topological polar surface area (TPSA) is 68.2 Å². The Bertz CT molecular complexity index is 904. The predicted octanol–water partition coefficient (Wildman–Crippen LogP) is 3.55. The third-order valence-electron chi connectivity index (χ3n) is 4.50. The highest BCUT2D eigenvalue weighted by molar-refractivity contribution is 7.80. The van der Waals surface area contributed by atoms with Crippen LogP contribution in [-0.4, -0.2) is 36.4 Å². The van der Waals surface area contributed by atoms with E-state index in [1.807, 2.05) is 6.07 Å². The molecule has 6 nitrogen and oxygen atoms in total. The van der Waals surface area contributed by atoms with Gasteiger partial charge >= 0.3 is 5.97 Å². The van der Waals surface area contributed by atoms with Crippen molar-refractivity contribution in [3.63, 3.8) is 0 Å². The summed E-state index contributed by atoms with van der Waals surface area (Å²) < 4.78 is 30.4. The zero-order valence-electron chi connectivity index (χ0n) is 15.5. The van der Waals surface area contributed by atoms with Crippen LogP contribution in [0.15, 0.2) is 36.4 Å². The monoisotopic (exact) mass is 405 g/mol. The molecule has 148 valence electrons. The zero-order chi connectivity index (χ0) is 20.3. The van der Waals surface area contributed by atoms with Gasteiger partial charge in [-0.15, -0.1) is 0 Å². The molecule has 0 amide bonds. The van der Waals surface area contributed by atoms with Crippen LogP contribution in [0.2, 0.25) is 0 Å². The number of ether oxygens (including phenoxy) is 3. The number of rotatable bonds is 6. The van der Waals surface area contributed by atoms with E-state index in [1.165, 1.54) is 12.1 Å². The summed E-state index contributed by atoms with van der Waals surface area (Å²) in [5.74, 6) is -0.214. The van der Waals surface area contributed by atoms with Gasteiger partial charge < -0.3 is 24.2 Å². The quantitative estimate of drug-likeness (QED) is 0.737. The van der Waals surface area contributed by atoms with E-state index in [1.54, 1.807) is 37.3 Å². The summed E-state index contributed by atoms with van der Waals surface area (Å²) in [6.07, 6.45) is -1.07. The number of benzene rings is 2. The van der Waals surface area contributed by atoms with Crippen molar-refractivity contribution in [2.45, 2.75) is 25.7 Å². The fraction of sp³-hybridized carbons (Fsp3) is 0.300. The van der Waals surface area contributed by atoms with Crippen LogP contribution in [0.1, 0.15) is 17.5 Å². The molecule has 1 N–H and O–H groups in total. The first kappa shape index (κ1) is 20.0. The number of carboxylic acid groups (broad SMARTS) is 1. The summed E-state index contributed by atoms with van der Waals surface area (Å²) in [4.78, 5) is 13.2. The van der Waals surface area contributed by atoms with E-state index in [0.717, 1.165) is 11.1 Å². The van der Waals surface area contributed by atoms with Crippen molar-refractivity contribution >= 4 is 28.9 Å². The Hall–Kier alpha value is -2.71. The Morgan fingerprint density at radius 3 is 2.75 bits per heavy atom. The Balaban J connectivity index is 2.03. The maximum Gasteiger partial charge on any atom is 0.306 e. The van der Waals surface area contributed by atoms with Gasteiger partial charge in [-0.1, -0.05) is 18.3 Å². The molecule has 1 aliphatic rings. The standard InChI is InChI=1S/C20H20FNO5S/c1-25-15-6-4-12(17(8-15)26-2)10-22-16-7-14(21)5-3-13(16)11-27-18(20(22)28)9-19(23)24/h3-8,18H,9-11H2,1-2H3,(H,23,24). The Labute approximate surface area is 167 Å². The second-order valence-electron chi connectivity index (χ2n) is 6.27. The van der Waals surface area contributed by atoms with Crippen LogP contribution < -0.4 is 14.4 Å². The molecule has 8 heteroatoms. The van der Waals surface area contributed by atoms with Crippen molar-refractivity contribution in [3.05, 3.63) is 53.3 Å². The molecule has 0 radical (unpaired) electrons. The number of carboxylic acids is 1. The molecule has 0 bridgehead atoms. The van der Waals surface area contributed by atoms with E-state index in [2.05, 4.69) is 0 Å². The number of halogens is 1. The lowest BCUT2D eigenvalue weighted by Gasteiger charge is -2.28. The van der Waals surface area contributed by atoms with Gasteiger partial charge in [-0.05, 0) is 24.3 Å². The number of fused-ring (bicyclic) bond motifs is 1. The highest BCUT2D eigenvalue weighted by Crippen LogP contribution is 2.33. The van der Waals surface area contributed by atoms with Gasteiger partial charge in [-0.3, -0.25) is 4.79 Å². The van der Waals surface area contributed by atoms with Gasteiger partial charge in [-0.25, -0.2) is 4.39 Å². The van der Waals surface area contributed by atoms with Crippen molar-refractivity contribution in [1.82, 2.24) is 0 Å². The van der Waals surface area contributed by atoms with Gasteiger partial charge in [0.2, 0.25) is 0 Å². The van der Waals surface area contributed by atoms with Crippen LogP contribution in [0.4, 0.5) is 10.1 Å². The summed E-state index contributed by atoms with van der Waals surface area (Å²) >= 11 is 5.55. The minimum absolute atomic E-state index is 0.143. The Morgan fingerprint density at radius 2 is 2.07 bits per heavy atom. The van der Waals surface area contributed by atoms with Gasteiger partial charge in [0.05, 0.1) is 39.5 Å². The second-order valence-corrected chi connectivity index (χ2v) is 6.69. The predicted molar refractivity (Wildman–Crippen MR) is 106 cm³/mol. The first-order valence-electron chi connectivity index (χ1n) is 8.57. The van der Waals surface area contributed by atoms with Crippen LogP contribution in [0, 0.1) is 5.82 Å². The largest absolute Gasteiger partial charge is 0.497 e. The van der Waals surface area contributed by atoms with Gasteiger partial charge in [0.1, 0.15) is 28.4 Å². The van der Waals surface area contributed by atoms with E-state index in [9.17, 15) is 14.3 Å². The number of hydrogen-bond acceptors (Lipinski definition) is 5. The molecule has 28 heavy (non-hydrogen) atoms. The number of hydrogen-bond donors (Lipinski definition) is 1. The van der Waals surface area contributed by atoms with Crippen LogP contribution >= 0.6 is 12.2 Å². The first-order chi connectivity index (χ1) is 13.4. The number of nitrogens with zero attached hydrogens (tertiary/aromatic N) is 1. The summed E-state index contributed by atoms with van der Waals surface area (Å²) in [5, 5.41) is 9.20. The second kappa shape index (κ2) is 8.53. The number of methoxy groups -OCH3 is 2. The van der Waals surface area contributed by atoms with Crippen LogP contribution in [0.25, 0.3) is 0 Å². The Morgan fingerprint density at radius 1 is 1.29 bits per heavy atom. The third-order valence-corrected chi connectivity index (χ3v) is 4.99. The molecule has 1 atom stereocenters. The lowest BCUT2D eigenvalue weighted by atomic mass is 10.1. The number of anilines is 1. The van der Waals surface area contributed by atoms with Gasteiger partial charge in [-0.2, -0.15) is 0 Å². The molecular weight excluding hydrogens is 385 g/mol. The van der Waals surface area contributed by atoms with Crippen molar-refractivity contribution in [2.75, 3.05) is 19.1 Å². The molecule has 1 unspecified atom stereocenters. The highest BCUT2D eigenvalue weighted by atomic mass is 32.1. The number of thiocarbonyl (C=S) groups is 1. The highest BCUT2D eigenvalue weighted by Gasteiger charge is 2.30. The Kier molecular flexibility index (Phi) is 6.11. The normalized spacial score (nSPS) is 16.3. The lowest BCUT2D eigenvalue weighted by Crippen LogP contribution is -2.38.